The Kier molecular flexibility index (Phi) is 5.47. The number of nitrogens with zero attached hydrogens (tertiary/aromatic N) is 3. The Morgan fingerprint density at radius 3 is 2.73 bits per heavy atom. The second-order valence-corrected chi connectivity index (χ2v) is 7.04. The molecule has 2 rings (SSSR count). The lowest BCUT2D eigenvalue weighted by Gasteiger charge is -2.16. The van der Waals surface area contributed by atoms with E-state index in [2.05, 4.69) is 55.1 Å². The average molecular weight is 328 g/mol. The van der Waals surface area contributed by atoms with Gasteiger partial charge in [-0.3, -0.25) is 10.4 Å². The molecule has 1 atom stereocenters. The van der Waals surface area contributed by atoms with Crippen LogP contribution >= 0.6 is 11.6 Å². The first-order valence-electron chi connectivity index (χ1n) is 7.77. The number of rotatable bonds is 7. The largest absolute Gasteiger partial charge is 0.366 e. The molecule has 2 heterocycles. The van der Waals surface area contributed by atoms with Gasteiger partial charge in [0.2, 0.25) is 0 Å². The van der Waals surface area contributed by atoms with Crippen molar-refractivity contribution in [2.75, 3.05) is 19.9 Å². The third-order valence-electron chi connectivity index (χ3n) is 3.45. The maximum absolute atomic E-state index is 6.43. The summed E-state index contributed by atoms with van der Waals surface area (Å²) in [5.41, 5.74) is 1.58. The van der Waals surface area contributed by atoms with Gasteiger partial charge in [0.1, 0.15) is 5.02 Å². The first-order valence-corrected chi connectivity index (χ1v) is 8.15. The van der Waals surface area contributed by atoms with Gasteiger partial charge in [0.05, 0.1) is 12.4 Å². The molecule has 0 radical (unpaired) electrons. The maximum Gasteiger partial charge on any atom is 0.194 e. The molecule has 0 fully saturated rings. The van der Waals surface area contributed by atoms with Gasteiger partial charge < -0.3 is 4.74 Å². The van der Waals surface area contributed by atoms with E-state index in [-0.39, 0.29) is 11.3 Å². The van der Waals surface area contributed by atoms with Crippen molar-refractivity contribution in [1.82, 2.24) is 25.1 Å². The zero-order chi connectivity index (χ0) is 16.3. The molecule has 0 amide bonds. The van der Waals surface area contributed by atoms with Crippen LogP contribution < -0.4 is 5.32 Å². The lowest BCUT2D eigenvalue weighted by atomic mass is 9.92. The number of ether oxygens (including phenoxy) is 1. The van der Waals surface area contributed by atoms with Gasteiger partial charge in [0, 0.05) is 24.5 Å². The molecule has 0 bridgehead atoms. The molecule has 0 aliphatic carbocycles. The fraction of sp³-hybridized carbons (Fsp3) is 0.733. The summed E-state index contributed by atoms with van der Waals surface area (Å²) >= 11 is 6.43. The predicted octanol–water partition coefficient (Wildman–Crippen LogP) is 3.09. The van der Waals surface area contributed by atoms with E-state index in [4.69, 9.17) is 16.3 Å². The fourth-order valence-electron chi connectivity index (χ4n) is 2.18. The van der Waals surface area contributed by atoms with Gasteiger partial charge in [-0.25, -0.2) is 4.98 Å². The highest BCUT2D eigenvalue weighted by Crippen LogP contribution is 2.31. The summed E-state index contributed by atoms with van der Waals surface area (Å²) in [6.45, 7) is 12.6. The Hall–Kier alpha value is -1.11. The number of fused-ring (bicyclic) bond motifs is 1. The van der Waals surface area contributed by atoms with E-state index in [1.807, 2.05) is 0 Å². The van der Waals surface area contributed by atoms with Crippen LogP contribution in [0.15, 0.2) is 0 Å². The number of nitrogens with one attached hydrogen (secondary N) is 2. The molecule has 2 aromatic rings. The van der Waals surface area contributed by atoms with Gasteiger partial charge >= 0.3 is 0 Å². The molecule has 0 saturated carbocycles. The Morgan fingerprint density at radius 1 is 1.41 bits per heavy atom. The van der Waals surface area contributed by atoms with E-state index in [9.17, 15) is 0 Å². The van der Waals surface area contributed by atoms with Crippen molar-refractivity contribution >= 4 is 17.2 Å². The van der Waals surface area contributed by atoms with Crippen molar-refractivity contribution in [3.63, 3.8) is 0 Å². The minimum atomic E-state index is -0.0661. The van der Waals surface area contributed by atoms with E-state index >= 15 is 0 Å². The smallest absolute Gasteiger partial charge is 0.194 e. The molecule has 2 aromatic heterocycles. The molecule has 0 saturated heterocycles. The second kappa shape index (κ2) is 6.98. The number of aromatic nitrogens is 4. The summed E-state index contributed by atoms with van der Waals surface area (Å²) in [7, 11) is 0. The maximum atomic E-state index is 6.43. The molecule has 6 nitrogen and oxygen atoms in total. The highest BCUT2D eigenvalue weighted by atomic mass is 35.5. The Bertz CT molecular complexity index is 613. The fourth-order valence-corrected chi connectivity index (χ4v) is 2.62. The van der Waals surface area contributed by atoms with Crippen molar-refractivity contribution < 1.29 is 4.74 Å². The second-order valence-electron chi connectivity index (χ2n) is 6.66. The quantitative estimate of drug-likeness (QED) is 0.606. The van der Waals surface area contributed by atoms with E-state index in [1.54, 1.807) is 4.63 Å². The minimum absolute atomic E-state index is 0.0661. The Balaban J connectivity index is 2.04. The lowest BCUT2D eigenvalue weighted by Crippen LogP contribution is -2.24. The highest BCUT2D eigenvalue weighted by Gasteiger charge is 2.24. The summed E-state index contributed by atoms with van der Waals surface area (Å²) in [6.07, 6.45) is 1.03. The summed E-state index contributed by atoms with van der Waals surface area (Å²) in [5, 5.41) is 11.6. The molecule has 2 N–H and O–H groups in total. The third-order valence-corrected chi connectivity index (χ3v) is 3.81. The SMILES string of the molecule is CCCOCNCC(C)c1nc2c(Cl)c(C(C)(C)C)[nH]n2n1. The lowest BCUT2D eigenvalue weighted by molar-refractivity contribution is 0.116. The van der Waals surface area contributed by atoms with Crippen LogP contribution in [0.2, 0.25) is 5.02 Å². The highest BCUT2D eigenvalue weighted by molar-refractivity contribution is 6.34. The first kappa shape index (κ1) is 17.2. The van der Waals surface area contributed by atoms with Gasteiger partial charge in [-0.15, -0.1) is 5.10 Å². The van der Waals surface area contributed by atoms with Crippen LogP contribution in [0.4, 0.5) is 0 Å². The van der Waals surface area contributed by atoms with E-state index in [0.717, 1.165) is 31.1 Å². The van der Waals surface area contributed by atoms with Gasteiger partial charge in [-0.2, -0.15) is 4.63 Å². The van der Waals surface area contributed by atoms with Crippen LogP contribution in [0.5, 0.6) is 0 Å². The molecule has 124 valence electrons. The van der Waals surface area contributed by atoms with E-state index < -0.39 is 0 Å². The normalized spacial score (nSPS) is 13.9. The van der Waals surface area contributed by atoms with Crippen LogP contribution in [-0.4, -0.2) is 39.7 Å². The molecule has 22 heavy (non-hydrogen) atoms. The van der Waals surface area contributed by atoms with Crippen LogP contribution in [-0.2, 0) is 10.2 Å². The summed E-state index contributed by atoms with van der Waals surface area (Å²) in [4.78, 5) is 4.57. The summed E-state index contributed by atoms with van der Waals surface area (Å²) in [5.74, 6) is 0.962. The Labute approximate surface area is 136 Å². The molecule has 0 aliphatic heterocycles. The minimum Gasteiger partial charge on any atom is -0.366 e. The van der Waals surface area contributed by atoms with Crippen LogP contribution in [0.1, 0.15) is 58.5 Å². The number of hydrogen-bond acceptors (Lipinski definition) is 4. The van der Waals surface area contributed by atoms with Crippen LogP contribution in [0, 0.1) is 0 Å². The van der Waals surface area contributed by atoms with Crippen molar-refractivity contribution in [1.29, 1.82) is 0 Å². The molecular weight excluding hydrogens is 302 g/mol. The molecular formula is C15H26ClN5O. The van der Waals surface area contributed by atoms with E-state index in [1.165, 1.54) is 0 Å². The molecule has 0 aliphatic rings. The number of halogens is 1. The van der Waals surface area contributed by atoms with Gasteiger partial charge in [0.15, 0.2) is 11.5 Å². The monoisotopic (exact) mass is 327 g/mol. The molecule has 1 unspecified atom stereocenters. The average Bonchev–Trinajstić information content (AvgIpc) is 2.98. The topological polar surface area (TPSA) is 67.2 Å². The molecule has 0 aromatic carbocycles. The molecule has 7 heteroatoms. The Morgan fingerprint density at radius 2 is 2.14 bits per heavy atom. The van der Waals surface area contributed by atoms with Crippen LogP contribution in [0.25, 0.3) is 5.65 Å². The molecule has 0 spiro atoms. The van der Waals surface area contributed by atoms with Crippen molar-refractivity contribution in [3.8, 4) is 0 Å². The van der Waals surface area contributed by atoms with E-state index in [0.29, 0.717) is 17.4 Å². The zero-order valence-electron chi connectivity index (χ0n) is 14.0. The van der Waals surface area contributed by atoms with Crippen molar-refractivity contribution in [3.05, 3.63) is 16.5 Å². The predicted molar refractivity (Wildman–Crippen MR) is 88.6 cm³/mol. The number of hydrogen-bond donors (Lipinski definition) is 2. The standard InChI is InChI=1S/C15H26ClN5O/c1-6-7-22-9-17-8-10(2)13-18-14-11(16)12(15(3,4)5)19-21(14)20-13/h10,17,19H,6-9H2,1-5H3. The summed E-state index contributed by atoms with van der Waals surface area (Å²) in [6, 6.07) is 0. The number of H-pyrrole nitrogens is 1. The first-order chi connectivity index (χ1) is 10.3. The number of aromatic amines is 1. The zero-order valence-corrected chi connectivity index (χ0v) is 14.8. The third kappa shape index (κ3) is 3.80. The van der Waals surface area contributed by atoms with Gasteiger partial charge in [-0.1, -0.05) is 46.2 Å². The summed E-state index contributed by atoms with van der Waals surface area (Å²) < 4.78 is 7.07. The van der Waals surface area contributed by atoms with Gasteiger partial charge in [0.25, 0.3) is 0 Å². The van der Waals surface area contributed by atoms with Crippen molar-refractivity contribution in [2.24, 2.45) is 0 Å². The van der Waals surface area contributed by atoms with Gasteiger partial charge in [-0.05, 0) is 6.42 Å². The van der Waals surface area contributed by atoms with Crippen molar-refractivity contribution in [2.45, 2.75) is 52.4 Å². The van der Waals surface area contributed by atoms with Crippen LogP contribution in [0.3, 0.4) is 0 Å².